The standard InChI is InChI=1S/C15H16N2O.C7H6O/c1-17(14-9-7-12(11-16)8-10-14)15(18)13-5-3-2-4-6-13;1-2-4-7-6(3-1)5-8-7/h2-10H,11,16H2,1H3;1-4H,5H2. The van der Waals surface area contributed by atoms with Gasteiger partial charge < -0.3 is 15.4 Å². The van der Waals surface area contributed by atoms with E-state index in [9.17, 15) is 4.79 Å². The number of hydrogen-bond donors (Lipinski definition) is 1. The van der Waals surface area contributed by atoms with Gasteiger partial charge in [0, 0.05) is 30.4 Å². The number of benzene rings is 3. The minimum atomic E-state index is -0.0175. The highest BCUT2D eigenvalue weighted by Crippen LogP contribution is 2.27. The summed E-state index contributed by atoms with van der Waals surface area (Å²) in [5, 5.41) is 0. The number of carbonyl (C=O) groups is 1. The molecule has 1 heterocycles. The molecule has 0 atom stereocenters. The van der Waals surface area contributed by atoms with Crippen LogP contribution in [0.5, 0.6) is 5.75 Å². The summed E-state index contributed by atoms with van der Waals surface area (Å²) >= 11 is 0. The number of ether oxygens (including phenoxy) is 1. The van der Waals surface area contributed by atoms with Crippen molar-refractivity contribution >= 4 is 11.6 Å². The first kappa shape index (κ1) is 17.7. The van der Waals surface area contributed by atoms with Gasteiger partial charge >= 0.3 is 0 Å². The maximum atomic E-state index is 12.2. The zero-order valence-corrected chi connectivity index (χ0v) is 14.8. The first-order valence-electron chi connectivity index (χ1n) is 8.52. The van der Waals surface area contributed by atoms with Crippen LogP contribution in [0, 0.1) is 0 Å². The molecule has 26 heavy (non-hydrogen) atoms. The topological polar surface area (TPSA) is 55.6 Å². The van der Waals surface area contributed by atoms with Gasteiger partial charge in [0.1, 0.15) is 12.4 Å². The number of carbonyl (C=O) groups excluding carboxylic acids is 1. The molecule has 4 nitrogen and oxygen atoms in total. The number of fused-ring (bicyclic) bond motifs is 1. The molecule has 0 radical (unpaired) electrons. The SMILES string of the molecule is CN(C(=O)c1ccccc1)c1ccc(CN)cc1.c1ccc2c(c1)CO2. The van der Waals surface area contributed by atoms with Gasteiger partial charge in [0.2, 0.25) is 0 Å². The summed E-state index contributed by atoms with van der Waals surface area (Å²) in [6.07, 6.45) is 0. The van der Waals surface area contributed by atoms with Crippen LogP contribution >= 0.6 is 0 Å². The normalized spacial score (nSPS) is 11.2. The summed E-state index contributed by atoms with van der Waals surface area (Å²) in [6, 6.07) is 25.0. The van der Waals surface area contributed by atoms with Gasteiger partial charge in [-0.3, -0.25) is 4.79 Å². The fraction of sp³-hybridized carbons (Fsp3) is 0.136. The van der Waals surface area contributed by atoms with Crippen molar-refractivity contribution in [3.63, 3.8) is 0 Å². The molecule has 0 aliphatic carbocycles. The summed E-state index contributed by atoms with van der Waals surface area (Å²) in [6.45, 7) is 1.31. The molecule has 0 bridgehead atoms. The van der Waals surface area contributed by atoms with Crippen molar-refractivity contribution < 1.29 is 9.53 Å². The Hall–Kier alpha value is -3.11. The lowest BCUT2D eigenvalue weighted by Crippen LogP contribution is -2.26. The van der Waals surface area contributed by atoms with Crippen molar-refractivity contribution in [1.82, 2.24) is 0 Å². The number of anilines is 1. The smallest absolute Gasteiger partial charge is 0.258 e. The van der Waals surface area contributed by atoms with E-state index in [0.29, 0.717) is 12.1 Å². The second-order valence-corrected chi connectivity index (χ2v) is 6.00. The lowest BCUT2D eigenvalue weighted by atomic mass is 10.1. The molecule has 1 aliphatic heterocycles. The van der Waals surface area contributed by atoms with Gasteiger partial charge in [-0.25, -0.2) is 0 Å². The van der Waals surface area contributed by atoms with E-state index in [4.69, 9.17) is 10.5 Å². The Labute approximate surface area is 153 Å². The lowest BCUT2D eigenvalue weighted by Gasteiger charge is -2.18. The Balaban J connectivity index is 0.000000201. The Kier molecular flexibility index (Phi) is 5.66. The fourth-order valence-electron chi connectivity index (χ4n) is 2.59. The summed E-state index contributed by atoms with van der Waals surface area (Å²) in [7, 11) is 1.77. The van der Waals surface area contributed by atoms with E-state index in [1.54, 1.807) is 11.9 Å². The molecule has 2 N–H and O–H groups in total. The molecular weight excluding hydrogens is 324 g/mol. The third-order valence-corrected chi connectivity index (χ3v) is 4.24. The zero-order valence-electron chi connectivity index (χ0n) is 14.8. The van der Waals surface area contributed by atoms with Crippen molar-refractivity contribution in [2.75, 3.05) is 11.9 Å². The quantitative estimate of drug-likeness (QED) is 0.780. The van der Waals surface area contributed by atoms with Gasteiger partial charge in [0.25, 0.3) is 5.91 Å². The van der Waals surface area contributed by atoms with Crippen molar-refractivity contribution in [1.29, 1.82) is 0 Å². The first-order chi connectivity index (χ1) is 12.7. The molecule has 0 saturated heterocycles. The Morgan fingerprint density at radius 3 is 2.12 bits per heavy atom. The molecule has 0 unspecified atom stereocenters. The average molecular weight is 346 g/mol. The van der Waals surface area contributed by atoms with Gasteiger partial charge in [-0.05, 0) is 35.9 Å². The zero-order chi connectivity index (χ0) is 18.4. The summed E-state index contributed by atoms with van der Waals surface area (Å²) in [4.78, 5) is 13.8. The number of nitrogens with zero attached hydrogens (tertiary/aromatic N) is 1. The van der Waals surface area contributed by atoms with Gasteiger partial charge in [0.15, 0.2) is 0 Å². The lowest BCUT2D eigenvalue weighted by molar-refractivity contribution is 0.0993. The number of rotatable bonds is 3. The van der Waals surface area contributed by atoms with Crippen LogP contribution in [-0.2, 0) is 13.2 Å². The average Bonchev–Trinajstić information content (AvgIpc) is 2.69. The maximum Gasteiger partial charge on any atom is 0.258 e. The molecule has 1 amide bonds. The minimum absolute atomic E-state index is 0.0175. The van der Waals surface area contributed by atoms with Gasteiger partial charge in [-0.2, -0.15) is 0 Å². The number of nitrogens with two attached hydrogens (primary N) is 1. The second-order valence-electron chi connectivity index (χ2n) is 6.00. The largest absolute Gasteiger partial charge is 0.488 e. The number of amides is 1. The molecular formula is C22H22N2O2. The molecule has 4 heteroatoms. The number of para-hydroxylation sites is 1. The molecule has 3 aromatic carbocycles. The van der Waals surface area contributed by atoms with E-state index in [0.717, 1.165) is 23.6 Å². The van der Waals surface area contributed by atoms with Crippen LogP contribution in [0.2, 0.25) is 0 Å². The van der Waals surface area contributed by atoms with E-state index in [2.05, 4.69) is 6.07 Å². The molecule has 132 valence electrons. The predicted molar refractivity (Wildman–Crippen MR) is 104 cm³/mol. The van der Waals surface area contributed by atoms with E-state index >= 15 is 0 Å². The molecule has 0 saturated carbocycles. The van der Waals surface area contributed by atoms with Crippen LogP contribution in [0.15, 0.2) is 78.9 Å². The van der Waals surface area contributed by atoms with Crippen LogP contribution in [0.3, 0.4) is 0 Å². The van der Waals surface area contributed by atoms with Crippen molar-refractivity contribution in [2.45, 2.75) is 13.2 Å². The Morgan fingerprint density at radius 2 is 1.62 bits per heavy atom. The highest BCUT2D eigenvalue weighted by Gasteiger charge is 2.12. The molecule has 3 aromatic rings. The monoisotopic (exact) mass is 346 g/mol. The summed E-state index contributed by atoms with van der Waals surface area (Å²) < 4.78 is 5.08. The first-order valence-corrected chi connectivity index (χ1v) is 8.52. The molecule has 1 aliphatic rings. The third-order valence-electron chi connectivity index (χ3n) is 4.24. The van der Waals surface area contributed by atoms with Crippen molar-refractivity contribution in [3.05, 3.63) is 95.6 Å². The summed E-state index contributed by atoms with van der Waals surface area (Å²) in [5.41, 5.74) is 9.47. The van der Waals surface area contributed by atoms with Crippen LogP contribution in [-0.4, -0.2) is 13.0 Å². The van der Waals surface area contributed by atoms with E-state index < -0.39 is 0 Å². The summed E-state index contributed by atoms with van der Waals surface area (Å²) in [5.74, 6) is 1.03. The van der Waals surface area contributed by atoms with Crippen LogP contribution in [0.25, 0.3) is 0 Å². The van der Waals surface area contributed by atoms with Crippen LogP contribution in [0.1, 0.15) is 21.5 Å². The molecule has 0 fully saturated rings. The van der Waals surface area contributed by atoms with E-state index in [1.807, 2.05) is 72.8 Å². The van der Waals surface area contributed by atoms with Crippen LogP contribution < -0.4 is 15.4 Å². The Bertz CT molecular complexity index is 838. The fourth-order valence-corrected chi connectivity index (χ4v) is 2.59. The molecule has 0 spiro atoms. The Morgan fingerprint density at radius 1 is 0.962 bits per heavy atom. The molecule has 4 rings (SSSR count). The maximum absolute atomic E-state index is 12.2. The van der Waals surface area contributed by atoms with Gasteiger partial charge in [-0.15, -0.1) is 0 Å². The van der Waals surface area contributed by atoms with Crippen molar-refractivity contribution in [3.8, 4) is 5.75 Å². The van der Waals surface area contributed by atoms with E-state index in [-0.39, 0.29) is 5.91 Å². The van der Waals surface area contributed by atoms with Crippen LogP contribution in [0.4, 0.5) is 5.69 Å². The third kappa shape index (κ3) is 4.10. The van der Waals surface area contributed by atoms with Gasteiger partial charge in [-0.1, -0.05) is 48.5 Å². The minimum Gasteiger partial charge on any atom is -0.488 e. The highest BCUT2D eigenvalue weighted by atomic mass is 16.5. The van der Waals surface area contributed by atoms with E-state index in [1.165, 1.54) is 5.56 Å². The molecule has 0 aromatic heterocycles. The predicted octanol–water partition coefficient (Wildman–Crippen LogP) is 4.00. The van der Waals surface area contributed by atoms with Gasteiger partial charge in [0.05, 0.1) is 0 Å². The van der Waals surface area contributed by atoms with Crippen molar-refractivity contribution in [2.24, 2.45) is 5.73 Å². The highest BCUT2D eigenvalue weighted by molar-refractivity contribution is 6.05. The second kappa shape index (κ2) is 8.32. The number of hydrogen-bond acceptors (Lipinski definition) is 3.